The van der Waals surface area contributed by atoms with Crippen LogP contribution in [-0.4, -0.2) is 12.6 Å². The summed E-state index contributed by atoms with van der Waals surface area (Å²) in [6.45, 7) is 5.02. The minimum atomic E-state index is -4.30. The normalized spacial score (nSPS) is 24.0. The largest absolute Gasteiger partial charge is 0.416 e. The zero-order valence-electron chi connectivity index (χ0n) is 11.0. The molecule has 2 rings (SSSR count). The van der Waals surface area contributed by atoms with Gasteiger partial charge in [-0.2, -0.15) is 13.2 Å². The highest BCUT2D eigenvalue weighted by molar-refractivity contribution is 9.08. The Kier molecular flexibility index (Phi) is 4.14. The number of nitrogens with zero attached hydrogens (tertiary/aromatic N) is 1. The highest BCUT2D eigenvalue weighted by Gasteiger charge is 2.34. The van der Waals surface area contributed by atoms with E-state index in [9.17, 15) is 13.2 Å². The van der Waals surface area contributed by atoms with Crippen molar-refractivity contribution in [1.29, 1.82) is 0 Å². The van der Waals surface area contributed by atoms with E-state index in [1.165, 1.54) is 6.07 Å². The molecule has 0 bridgehead atoms. The van der Waals surface area contributed by atoms with Gasteiger partial charge in [0.1, 0.15) is 0 Å². The second-order valence-corrected chi connectivity index (χ2v) is 5.88. The van der Waals surface area contributed by atoms with Crippen molar-refractivity contribution in [2.24, 2.45) is 5.92 Å². The molecule has 0 radical (unpaired) electrons. The average Bonchev–Trinajstić information content (AvgIpc) is 2.66. The predicted molar refractivity (Wildman–Crippen MR) is 74.7 cm³/mol. The fourth-order valence-corrected chi connectivity index (χ4v) is 3.27. The number of halogens is 4. The van der Waals surface area contributed by atoms with Crippen LogP contribution in [0, 0.1) is 5.92 Å². The van der Waals surface area contributed by atoms with E-state index in [1.54, 1.807) is 12.1 Å². The van der Waals surface area contributed by atoms with Crippen molar-refractivity contribution in [2.75, 3.05) is 11.4 Å². The first-order chi connectivity index (χ1) is 8.82. The summed E-state index contributed by atoms with van der Waals surface area (Å²) in [4.78, 5) is 2.07. The van der Waals surface area contributed by atoms with Gasteiger partial charge in [0.15, 0.2) is 0 Å². The van der Waals surface area contributed by atoms with E-state index in [-0.39, 0.29) is 10.9 Å². The molecule has 0 N–H and O–H groups in total. The Morgan fingerprint density at radius 3 is 2.47 bits per heavy atom. The van der Waals surface area contributed by atoms with E-state index in [2.05, 4.69) is 34.7 Å². The van der Waals surface area contributed by atoms with Crippen LogP contribution < -0.4 is 4.90 Å². The Hall–Kier alpha value is -0.710. The second-order valence-electron chi connectivity index (χ2n) is 5.32. The highest BCUT2D eigenvalue weighted by atomic mass is 79.9. The Morgan fingerprint density at radius 2 is 2.00 bits per heavy atom. The van der Waals surface area contributed by atoms with Crippen molar-refractivity contribution in [3.63, 3.8) is 0 Å². The molecule has 0 aliphatic carbocycles. The van der Waals surface area contributed by atoms with Crippen LogP contribution in [0.2, 0.25) is 0 Å². The van der Waals surface area contributed by atoms with Crippen molar-refractivity contribution < 1.29 is 13.2 Å². The lowest BCUT2D eigenvalue weighted by molar-refractivity contribution is -0.138. The summed E-state index contributed by atoms with van der Waals surface area (Å²) in [5.74, 6) is 0.528. The lowest BCUT2D eigenvalue weighted by atomic mass is 10.1. The standard InChI is InChI=1S/C14H17BrF3N/c1-9-5-10(2)19(8-9)12-4-3-11(7-15)13(6-12)14(16,17)18/h3-4,6,9-10H,5,7-8H2,1-2H3. The summed E-state index contributed by atoms with van der Waals surface area (Å²) in [5, 5.41) is 0.216. The van der Waals surface area contributed by atoms with Gasteiger partial charge in [0.2, 0.25) is 0 Å². The molecule has 1 aliphatic rings. The molecule has 1 fully saturated rings. The van der Waals surface area contributed by atoms with Gasteiger partial charge in [-0.05, 0) is 37.0 Å². The van der Waals surface area contributed by atoms with Crippen molar-refractivity contribution >= 4 is 21.6 Å². The number of anilines is 1. The summed E-state index contributed by atoms with van der Waals surface area (Å²) in [6, 6.07) is 4.94. The highest BCUT2D eigenvalue weighted by Crippen LogP contribution is 2.37. The molecule has 1 aromatic carbocycles. The Labute approximate surface area is 119 Å². The fourth-order valence-electron chi connectivity index (χ4n) is 2.78. The molecule has 0 saturated carbocycles. The van der Waals surface area contributed by atoms with Crippen molar-refractivity contribution in [2.45, 2.75) is 37.8 Å². The van der Waals surface area contributed by atoms with Gasteiger partial charge in [-0.3, -0.25) is 0 Å². The number of alkyl halides is 4. The van der Waals surface area contributed by atoms with Crippen LogP contribution in [0.3, 0.4) is 0 Å². The third-order valence-corrected chi connectivity index (χ3v) is 4.26. The van der Waals surface area contributed by atoms with Crippen LogP contribution >= 0.6 is 15.9 Å². The van der Waals surface area contributed by atoms with Gasteiger partial charge in [0.25, 0.3) is 0 Å². The first-order valence-electron chi connectivity index (χ1n) is 6.35. The molecule has 19 heavy (non-hydrogen) atoms. The van der Waals surface area contributed by atoms with Gasteiger partial charge in [0.05, 0.1) is 5.56 Å². The number of benzene rings is 1. The summed E-state index contributed by atoms with van der Waals surface area (Å²) < 4.78 is 39.1. The first-order valence-corrected chi connectivity index (χ1v) is 7.47. The lowest BCUT2D eigenvalue weighted by Crippen LogP contribution is -2.27. The maximum atomic E-state index is 13.0. The summed E-state index contributed by atoms with van der Waals surface area (Å²) in [7, 11) is 0. The van der Waals surface area contributed by atoms with Crippen LogP contribution in [0.5, 0.6) is 0 Å². The molecule has 1 saturated heterocycles. The second kappa shape index (κ2) is 5.35. The van der Waals surface area contributed by atoms with Crippen LogP contribution in [0.25, 0.3) is 0 Å². The Bertz CT molecular complexity index is 458. The maximum Gasteiger partial charge on any atom is 0.416 e. The molecule has 1 aromatic rings. The molecule has 5 heteroatoms. The topological polar surface area (TPSA) is 3.24 Å². The van der Waals surface area contributed by atoms with Crippen molar-refractivity contribution in [1.82, 2.24) is 0 Å². The van der Waals surface area contributed by atoms with Crippen LogP contribution in [-0.2, 0) is 11.5 Å². The van der Waals surface area contributed by atoms with Crippen LogP contribution in [0.4, 0.5) is 18.9 Å². The average molecular weight is 336 g/mol. The van der Waals surface area contributed by atoms with E-state index < -0.39 is 11.7 Å². The van der Waals surface area contributed by atoms with E-state index in [4.69, 9.17) is 0 Å². The molecular formula is C14H17BrF3N. The third kappa shape index (κ3) is 3.07. The molecule has 0 amide bonds. The summed E-state index contributed by atoms with van der Waals surface area (Å²) in [6.07, 6.45) is -3.27. The van der Waals surface area contributed by atoms with E-state index in [1.807, 2.05) is 0 Å². The predicted octanol–water partition coefficient (Wildman–Crippen LogP) is 4.84. The van der Waals surface area contributed by atoms with Gasteiger partial charge in [0, 0.05) is 23.6 Å². The quantitative estimate of drug-likeness (QED) is 0.699. The van der Waals surface area contributed by atoms with E-state index in [0.29, 0.717) is 17.6 Å². The van der Waals surface area contributed by atoms with E-state index in [0.717, 1.165) is 13.0 Å². The minimum absolute atomic E-state index is 0.216. The molecule has 0 aromatic heterocycles. The Balaban J connectivity index is 2.38. The van der Waals surface area contributed by atoms with Crippen LogP contribution in [0.1, 0.15) is 31.4 Å². The summed E-state index contributed by atoms with van der Waals surface area (Å²) >= 11 is 3.12. The van der Waals surface area contributed by atoms with E-state index >= 15 is 0 Å². The SMILES string of the molecule is CC1CC(C)N(c2ccc(CBr)c(C(F)(F)F)c2)C1. The molecule has 2 unspecified atom stereocenters. The molecule has 1 heterocycles. The lowest BCUT2D eigenvalue weighted by Gasteiger charge is -2.25. The number of rotatable bonds is 2. The zero-order chi connectivity index (χ0) is 14.2. The Morgan fingerprint density at radius 1 is 1.32 bits per heavy atom. The third-order valence-electron chi connectivity index (χ3n) is 3.66. The van der Waals surface area contributed by atoms with Gasteiger partial charge >= 0.3 is 6.18 Å². The van der Waals surface area contributed by atoms with Crippen molar-refractivity contribution in [3.05, 3.63) is 29.3 Å². The molecule has 1 nitrogen and oxygen atoms in total. The molecule has 1 aliphatic heterocycles. The monoisotopic (exact) mass is 335 g/mol. The van der Waals surface area contributed by atoms with Gasteiger partial charge < -0.3 is 4.90 Å². The summed E-state index contributed by atoms with van der Waals surface area (Å²) in [5.41, 5.74) is 0.429. The van der Waals surface area contributed by atoms with Crippen molar-refractivity contribution in [3.8, 4) is 0 Å². The fraction of sp³-hybridized carbons (Fsp3) is 0.571. The smallest absolute Gasteiger partial charge is 0.369 e. The van der Waals surface area contributed by atoms with Gasteiger partial charge in [-0.1, -0.05) is 28.9 Å². The number of hydrogen-bond acceptors (Lipinski definition) is 1. The molecular weight excluding hydrogens is 319 g/mol. The number of hydrogen-bond donors (Lipinski definition) is 0. The zero-order valence-corrected chi connectivity index (χ0v) is 12.6. The maximum absolute atomic E-state index is 13.0. The molecule has 2 atom stereocenters. The first kappa shape index (κ1) is 14.7. The minimum Gasteiger partial charge on any atom is -0.369 e. The van der Waals surface area contributed by atoms with Crippen LogP contribution in [0.15, 0.2) is 18.2 Å². The van der Waals surface area contributed by atoms with Gasteiger partial charge in [-0.15, -0.1) is 0 Å². The molecule has 0 spiro atoms. The molecule has 106 valence electrons. The van der Waals surface area contributed by atoms with Gasteiger partial charge in [-0.25, -0.2) is 0 Å².